The molecule has 0 atom stereocenters. The summed E-state index contributed by atoms with van der Waals surface area (Å²) in [5, 5.41) is 23.5. The molecule has 0 bridgehead atoms. The number of carbonyl (C=O) groups excluding carboxylic acids is 1. The number of alkyl halides is 3. The first-order chi connectivity index (χ1) is 28.7. The van der Waals surface area contributed by atoms with Gasteiger partial charge in [-0.2, -0.15) is 13.2 Å². The van der Waals surface area contributed by atoms with Crippen molar-refractivity contribution < 1.29 is 27.9 Å². The van der Waals surface area contributed by atoms with E-state index in [4.69, 9.17) is 69.5 Å². The number of imidazole rings is 1. The van der Waals surface area contributed by atoms with E-state index in [1.165, 1.54) is 37.5 Å². The number of carbonyl (C=O) groups is 1. The second-order valence-electron chi connectivity index (χ2n) is 11.6. The molecule has 0 aliphatic heterocycles. The van der Waals surface area contributed by atoms with Gasteiger partial charge in [0.2, 0.25) is 0 Å². The zero-order valence-corrected chi connectivity index (χ0v) is 34.2. The summed E-state index contributed by atoms with van der Waals surface area (Å²) in [4.78, 5) is 57.9. The number of nitrogens with zero attached hydrogens (tertiary/aromatic N) is 8. The zero-order chi connectivity index (χ0) is 45.0. The highest BCUT2D eigenvalue weighted by atomic mass is 35.5. The van der Waals surface area contributed by atoms with Crippen molar-refractivity contribution in [3.8, 4) is 11.4 Å². The number of halogens is 8. The summed E-state index contributed by atoms with van der Waals surface area (Å²) in [6, 6.07) is 15.5. The zero-order valence-electron chi connectivity index (χ0n) is 30.5. The third-order valence-corrected chi connectivity index (χ3v) is 8.37. The van der Waals surface area contributed by atoms with Crippen LogP contribution in [-0.4, -0.2) is 50.8 Å². The molecule has 316 valence electrons. The number of fused-ring (bicyclic) bond motifs is 1. The Balaban J connectivity index is 0.000000221. The minimum Gasteiger partial charge on any atom is -0.399 e. The number of nitrogen functional groups attached to an aromatic ring is 2. The summed E-state index contributed by atoms with van der Waals surface area (Å²) in [7, 11) is 0. The first-order valence-corrected chi connectivity index (χ1v) is 18.2. The Bertz CT molecular complexity index is 2700. The third-order valence-electron chi connectivity index (χ3n) is 7.21. The van der Waals surface area contributed by atoms with Crippen molar-refractivity contribution in [3.05, 3.63) is 154 Å². The van der Waals surface area contributed by atoms with Crippen LogP contribution in [0.2, 0.25) is 25.6 Å². The first kappa shape index (κ1) is 47.0. The highest BCUT2D eigenvalue weighted by Gasteiger charge is 2.33. The summed E-state index contributed by atoms with van der Waals surface area (Å²) in [5.74, 6) is -0.167. The Morgan fingerprint density at radius 1 is 0.770 bits per heavy atom. The number of aromatic nitrogens is 7. The van der Waals surface area contributed by atoms with Gasteiger partial charge in [0.05, 0.1) is 38.4 Å². The topological polar surface area (TPSA) is 273 Å². The predicted molar refractivity (Wildman–Crippen MR) is 225 cm³/mol. The lowest BCUT2D eigenvalue weighted by atomic mass is 10.1. The van der Waals surface area contributed by atoms with Crippen molar-refractivity contribution in [1.82, 2.24) is 34.9 Å². The van der Waals surface area contributed by atoms with Crippen LogP contribution in [0.1, 0.15) is 21.7 Å². The van der Waals surface area contributed by atoms with Crippen LogP contribution in [0.3, 0.4) is 0 Å². The lowest BCUT2D eigenvalue weighted by Gasteiger charge is -2.11. The molecule has 0 radical (unpaired) electrons. The average Bonchev–Trinajstić information content (AvgIpc) is 3.58. The highest BCUT2D eigenvalue weighted by Crippen LogP contribution is 2.32. The molecule has 1 amide bonds. The van der Waals surface area contributed by atoms with E-state index in [0.717, 1.165) is 18.3 Å². The van der Waals surface area contributed by atoms with Crippen LogP contribution >= 0.6 is 58.0 Å². The van der Waals surface area contributed by atoms with Crippen molar-refractivity contribution >= 4 is 103 Å². The van der Waals surface area contributed by atoms with Crippen molar-refractivity contribution in [1.29, 1.82) is 0 Å². The van der Waals surface area contributed by atoms with Gasteiger partial charge in [-0.1, -0.05) is 58.0 Å². The minimum absolute atomic E-state index is 0.0222. The molecular formula is C35H25Cl5F3N13O5. The van der Waals surface area contributed by atoms with Crippen LogP contribution in [0.15, 0.2) is 91.5 Å². The second-order valence-corrected chi connectivity index (χ2v) is 13.5. The number of nitro groups is 2. The summed E-state index contributed by atoms with van der Waals surface area (Å²) >= 11 is 28.5. The molecule has 0 saturated carbocycles. The van der Waals surface area contributed by atoms with Gasteiger partial charge >= 0.3 is 11.9 Å². The number of pyridine rings is 5. The van der Waals surface area contributed by atoms with Crippen LogP contribution in [0.4, 0.5) is 41.6 Å². The van der Waals surface area contributed by atoms with Crippen molar-refractivity contribution in [3.63, 3.8) is 0 Å². The Hall–Kier alpha value is -6.65. The highest BCUT2D eigenvalue weighted by molar-refractivity contribution is 6.33. The molecule has 7 rings (SSSR count). The Morgan fingerprint density at radius 3 is 1.98 bits per heavy atom. The smallest absolute Gasteiger partial charge is 0.399 e. The lowest BCUT2D eigenvalue weighted by Crippen LogP contribution is -2.16. The fourth-order valence-electron chi connectivity index (χ4n) is 4.54. The van der Waals surface area contributed by atoms with Gasteiger partial charge in [-0.3, -0.25) is 14.9 Å². The summed E-state index contributed by atoms with van der Waals surface area (Å²) in [6.45, 7) is 1.34. The maximum Gasteiger partial charge on any atom is 0.433 e. The van der Waals surface area contributed by atoms with Gasteiger partial charge in [0.15, 0.2) is 5.03 Å². The molecule has 26 heteroatoms. The fraction of sp³-hybridized carbons (Fsp3) is 0.0571. The van der Waals surface area contributed by atoms with E-state index in [1.807, 2.05) is 5.43 Å². The largest absolute Gasteiger partial charge is 0.433 e. The van der Waals surface area contributed by atoms with Crippen molar-refractivity contribution in [2.45, 2.75) is 13.1 Å². The normalized spacial score (nSPS) is 10.5. The molecule has 0 saturated heterocycles. The number of nitrogens with two attached hydrogens (primary N) is 2. The first-order valence-electron chi connectivity index (χ1n) is 16.3. The van der Waals surface area contributed by atoms with Gasteiger partial charge in [-0.05, 0) is 55.5 Å². The second kappa shape index (κ2) is 21.0. The predicted octanol–water partition coefficient (Wildman–Crippen LogP) is 9.79. The number of hydrogen-bond acceptors (Lipinski definition) is 13. The Labute approximate surface area is 365 Å². The molecule has 0 spiro atoms. The van der Waals surface area contributed by atoms with Gasteiger partial charge in [0, 0.05) is 47.5 Å². The molecular weight excluding hydrogens is 917 g/mol. The van der Waals surface area contributed by atoms with E-state index in [-0.39, 0.29) is 38.1 Å². The van der Waals surface area contributed by atoms with Gasteiger partial charge < -0.3 is 21.8 Å². The maximum absolute atomic E-state index is 12.8. The molecule has 0 fully saturated rings. The van der Waals surface area contributed by atoms with Crippen LogP contribution in [0, 0.1) is 27.2 Å². The van der Waals surface area contributed by atoms with Crippen LogP contribution in [0.25, 0.3) is 22.4 Å². The number of aryl methyl sites for hydroxylation is 1. The summed E-state index contributed by atoms with van der Waals surface area (Å²) in [5.41, 5.74) is 14.3. The van der Waals surface area contributed by atoms with E-state index < -0.39 is 27.7 Å². The molecule has 18 nitrogen and oxygen atoms in total. The van der Waals surface area contributed by atoms with Gasteiger partial charge in [0.1, 0.15) is 49.7 Å². The number of benzene rings is 1. The average molecular weight is 942 g/mol. The fourth-order valence-corrected chi connectivity index (χ4v) is 5.42. The van der Waals surface area contributed by atoms with Gasteiger partial charge in [-0.25, -0.2) is 40.0 Å². The third kappa shape index (κ3) is 14.3. The molecule has 0 unspecified atom stereocenters. The number of rotatable bonds is 6. The number of hydrazine groups is 1. The quantitative estimate of drug-likeness (QED) is 0.0590. The van der Waals surface area contributed by atoms with E-state index >= 15 is 0 Å². The van der Waals surface area contributed by atoms with Gasteiger partial charge in [0.25, 0.3) is 5.91 Å². The number of hydrogen-bond donors (Lipinski definition) is 5. The van der Waals surface area contributed by atoms with E-state index in [2.05, 4.69) is 40.2 Å². The monoisotopic (exact) mass is 939 g/mol. The molecule has 0 aliphatic carbocycles. The molecule has 6 aromatic heterocycles. The molecule has 6 heterocycles. The SMILES string of the molecule is Cc1nc(C(F)(F)F)ccc1C(=O)Nc1ccc(Cl)c(-c2nc3cc(Cl)ncc3[nH]2)c1.Nc1cc(Cl)ncc1[N+](=O)[O-].Nc1ccnc(Cl)c1.O=[N+]([O-])Nc1ccnc(Cl)c1. The minimum atomic E-state index is -4.59. The van der Waals surface area contributed by atoms with E-state index in [0.29, 0.717) is 49.7 Å². The standard InChI is InChI=1S/C20H12Cl2F3N5O.2C5H4ClN3O2.C5H5ClN2/c1-9-11(3-5-16(27-9)20(23,24)25)19(31)28-10-2-4-13(21)12(6-10)18-29-14-7-17(22)26-8-15(14)30-18;6-5-1-3(7)4(2-8-5)9(10)11;6-5-3-4(1-2-7-5)8-9(10)11;6-5-3-4(7)1-2-8-5/h2-8H,1H3,(H,28,31)(H,29,30);1-2H,(H2,7,8);1-3H,(H,7,8);1-3H,(H2,7,8). The Kier molecular flexibility index (Phi) is 16.2. The number of nitrogens with one attached hydrogen (secondary N) is 3. The van der Waals surface area contributed by atoms with Crippen molar-refractivity contribution in [2.75, 3.05) is 22.2 Å². The molecule has 7 aromatic rings. The number of anilines is 4. The van der Waals surface area contributed by atoms with E-state index in [9.17, 15) is 38.2 Å². The summed E-state index contributed by atoms with van der Waals surface area (Å²) in [6.07, 6.45) is 0.925. The van der Waals surface area contributed by atoms with Crippen LogP contribution < -0.4 is 22.2 Å². The summed E-state index contributed by atoms with van der Waals surface area (Å²) < 4.78 is 38.4. The van der Waals surface area contributed by atoms with Crippen molar-refractivity contribution in [2.24, 2.45) is 0 Å². The van der Waals surface area contributed by atoms with E-state index in [1.54, 1.807) is 42.6 Å². The van der Waals surface area contributed by atoms with Crippen LogP contribution in [-0.2, 0) is 6.18 Å². The molecule has 61 heavy (non-hydrogen) atoms. The molecule has 1 aromatic carbocycles. The number of aromatic amines is 1. The lowest BCUT2D eigenvalue weighted by molar-refractivity contribution is -0.445. The molecule has 0 aliphatic rings. The van der Waals surface area contributed by atoms with Gasteiger partial charge in [-0.15, -0.1) is 5.43 Å². The van der Waals surface area contributed by atoms with Crippen LogP contribution in [0.5, 0.6) is 0 Å². The molecule has 7 N–H and O–H groups in total. The maximum atomic E-state index is 12.8. The number of amides is 1. The number of H-pyrrole nitrogens is 1. The Morgan fingerprint density at radius 2 is 1.41 bits per heavy atom.